The van der Waals surface area contributed by atoms with Crippen molar-refractivity contribution in [3.63, 3.8) is 0 Å². The summed E-state index contributed by atoms with van der Waals surface area (Å²) in [4.78, 5) is 0. The van der Waals surface area contributed by atoms with E-state index in [9.17, 15) is 5.11 Å². The Labute approximate surface area is 88.5 Å². The van der Waals surface area contributed by atoms with Gasteiger partial charge in [-0.3, -0.25) is 0 Å². The lowest BCUT2D eigenvalue weighted by molar-refractivity contribution is 0.170. The van der Waals surface area contributed by atoms with Crippen LogP contribution in [0.25, 0.3) is 0 Å². The third-order valence-electron chi connectivity index (χ3n) is 2.83. The average Bonchev–Trinajstić information content (AvgIpc) is 2.91. The van der Waals surface area contributed by atoms with Crippen molar-refractivity contribution in [2.75, 3.05) is 13.7 Å². The van der Waals surface area contributed by atoms with E-state index in [0.717, 1.165) is 18.4 Å². The smallest absolute Gasteiger partial charge is 0.138 e. The Balaban J connectivity index is 2.37. The summed E-state index contributed by atoms with van der Waals surface area (Å²) in [6.07, 6.45) is 2.13. The third-order valence-corrected chi connectivity index (χ3v) is 3.14. The Morgan fingerprint density at radius 3 is 2.79 bits per heavy atom. The van der Waals surface area contributed by atoms with Gasteiger partial charge in [-0.05, 0) is 18.9 Å². The van der Waals surface area contributed by atoms with E-state index in [1.54, 1.807) is 13.2 Å². The Kier molecular flexibility index (Phi) is 2.41. The van der Waals surface area contributed by atoms with Crippen molar-refractivity contribution in [2.45, 2.75) is 18.3 Å². The van der Waals surface area contributed by atoms with Crippen molar-refractivity contribution in [1.29, 1.82) is 0 Å². The maximum Gasteiger partial charge on any atom is 0.138 e. The van der Waals surface area contributed by atoms with E-state index in [0.29, 0.717) is 11.6 Å². The van der Waals surface area contributed by atoms with Crippen LogP contribution < -0.4 is 0 Å². The summed E-state index contributed by atoms with van der Waals surface area (Å²) in [5.74, 6) is 0.212. The Morgan fingerprint density at radius 2 is 2.21 bits per heavy atom. The molecule has 0 radical (unpaired) electrons. The number of rotatable bonds is 3. The molecule has 1 fully saturated rings. The molecule has 1 aromatic rings. The van der Waals surface area contributed by atoms with Gasteiger partial charge < -0.3 is 9.84 Å². The maximum absolute atomic E-state index is 9.81. The zero-order valence-corrected chi connectivity index (χ0v) is 8.84. The van der Waals surface area contributed by atoms with Crippen LogP contribution in [-0.2, 0) is 10.2 Å². The Morgan fingerprint density at radius 1 is 1.50 bits per heavy atom. The minimum absolute atomic E-state index is 0.0176. The number of methoxy groups -OCH3 is 1. The fraction of sp³-hybridized carbons (Fsp3) is 0.455. The van der Waals surface area contributed by atoms with Gasteiger partial charge in [0.25, 0.3) is 0 Å². The van der Waals surface area contributed by atoms with E-state index >= 15 is 0 Å². The molecule has 0 amide bonds. The molecule has 0 bridgehead atoms. The SMILES string of the molecule is COCC1(c2cccc(Cl)c2O)CC1. The summed E-state index contributed by atoms with van der Waals surface area (Å²) in [7, 11) is 1.68. The predicted octanol–water partition coefficient (Wildman–Crippen LogP) is 2.72. The molecule has 2 nitrogen and oxygen atoms in total. The molecule has 1 N–H and O–H groups in total. The molecule has 0 spiro atoms. The van der Waals surface area contributed by atoms with Gasteiger partial charge >= 0.3 is 0 Å². The second-order valence-corrected chi connectivity index (χ2v) is 4.26. The molecular formula is C11H13ClO2. The highest BCUT2D eigenvalue weighted by atomic mass is 35.5. The number of phenols is 1. The minimum Gasteiger partial charge on any atom is -0.506 e. The van der Waals surface area contributed by atoms with Crippen LogP contribution in [0.3, 0.4) is 0 Å². The van der Waals surface area contributed by atoms with Crippen molar-refractivity contribution in [3.8, 4) is 5.75 Å². The number of phenolic OH excluding ortho intramolecular Hbond substituents is 1. The van der Waals surface area contributed by atoms with E-state index in [-0.39, 0.29) is 11.2 Å². The largest absolute Gasteiger partial charge is 0.506 e. The number of hydrogen-bond donors (Lipinski definition) is 1. The van der Waals surface area contributed by atoms with Crippen LogP contribution in [0.2, 0.25) is 5.02 Å². The third kappa shape index (κ3) is 1.49. The van der Waals surface area contributed by atoms with Gasteiger partial charge in [-0.15, -0.1) is 0 Å². The lowest BCUT2D eigenvalue weighted by Crippen LogP contribution is -2.14. The molecule has 0 unspecified atom stereocenters. The molecule has 0 aromatic heterocycles. The summed E-state index contributed by atoms with van der Waals surface area (Å²) in [5.41, 5.74) is 0.941. The molecule has 0 heterocycles. The molecule has 14 heavy (non-hydrogen) atoms. The van der Waals surface area contributed by atoms with Gasteiger partial charge in [0, 0.05) is 18.1 Å². The topological polar surface area (TPSA) is 29.5 Å². The van der Waals surface area contributed by atoms with Crippen LogP contribution in [-0.4, -0.2) is 18.8 Å². The van der Waals surface area contributed by atoms with Crippen LogP contribution in [0.1, 0.15) is 18.4 Å². The number of hydrogen-bond acceptors (Lipinski definition) is 2. The van der Waals surface area contributed by atoms with Crippen molar-refractivity contribution in [1.82, 2.24) is 0 Å². The van der Waals surface area contributed by atoms with Gasteiger partial charge in [0.05, 0.1) is 11.6 Å². The van der Waals surface area contributed by atoms with Gasteiger partial charge in [0.15, 0.2) is 0 Å². The molecule has 76 valence electrons. The number of halogens is 1. The lowest BCUT2D eigenvalue weighted by atomic mass is 9.96. The molecule has 1 aromatic carbocycles. The maximum atomic E-state index is 9.81. The molecular weight excluding hydrogens is 200 g/mol. The van der Waals surface area contributed by atoms with Crippen molar-refractivity contribution in [2.24, 2.45) is 0 Å². The van der Waals surface area contributed by atoms with Crippen molar-refractivity contribution in [3.05, 3.63) is 28.8 Å². The van der Waals surface area contributed by atoms with Crippen LogP contribution in [0.4, 0.5) is 0 Å². The summed E-state index contributed by atoms with van der Waals surface area (Å²) in [6, 6.07) is 5.49. The van der Waals surface area contributed by atoms with Gasteiger partial charge in [-0.25, -0.2) is 0 Å². The number of aromatic hydroxyl groups is 1. The van der Waals surface area contributed by atoms with Crippen LogP contribution in [0.5, 0.6) is 5.75 Å². The van der Waals surface area contributed by atoms with Crippen LogP contribution >= 0.6 is 11.6 Å². The molecule has 3 heteroatoms. The first-order valence-corrected chi connectivity index (χ1v) is 5.04. The quantitative estimate of drug-likeness (QED) is 0.835. The highest BCUT2D eigenvalue weighted by Gasteiger charge is 2.46. The summed E-state index contributed by atoms with van der Waals surface area (Å²) >= 11 is 5.86. The van der Waals surface area contributed by atoms with Crippen molar-refractivity contribution >= 4 is 11.6 Å². The second kappa shape index (κ2) is 3.44. The molecule has 0 aliphatic heterocycles. The summed E-state index contributed by atoms with van der Waals surface area (Å²) in [6.45, 7) is 0.654. The fourth-order valence-electron chi connectivity index (χ4n) is 1.86. The highest BCUT2D eigenvalue weighted by molar-refractivity contribution is 6.32. The monoisotopic (exact) mass is 212 g/mol. The Bertz CT molecular complexity index is 345. The van der Waals surface area contributed by atoms with Gasteiger partial charge in [-0.2, -0.15) is 0 Å². The standard InChI is InChI=1S/C11H13ClO2/c1-14-7-11(5-6-11)8-3-2-4-9(12)10(8)13/h2-4,13H,5-7H2,1H3. The molecule has 0 atom stereocenters. The van der Waals surface area contributed by atoms with E-state index < -0.39 is 0 Å². The highest BCUT2D eigenvalue weighted by Crippen LogP contribution is 2.52. The first-order chi connectivity index (χ1) is 6.69. The molecule has 2 rings (SSSR count). The van der Waals surface area contributed by atoms with Crippen molar-refractivity contribution < 1.29 is 9.84 Å². The zero-order valence-electron chi connectivity index (χ0n) is 8.09. The molecule has 0 saturated heterocycles. The normalized spacial score (nSPS) is 18.1. The average molecular weight is 213 g/mol. The van der Waals surface area contributed by atoms with Gasteiger partial charge in [0.1, 0.15) is 5.75 Å². The predicted molar refractivity (Wildman–Crippen MR) is 55.9 cm³/mol. The Hall–Kier alpha value is -0.730. The second-order valence-electron chi connectivity index (χ2n) is 3.85. The van der Waals surface area contributed by atoms with Gasteiger partial charge in [0.2, 0.25) is 0 Å². The number of benzene rings is 1. The van der Waals surface area contributed by atoms with Crippen LogP contribution in [0.15, 0.2) is 18.2 Å². The fourth-order valence-corrected chi connectivity index (χ4v) is 2.04. The summed E-state index contributed by atoms with van der Waals surface area (Å²) < 4.78 is 5.16. The van der Waals surface area contributed by atoms with E-state index in [2.05, 4.69) is 0 Å². The summed E-state index contributed by atoms with van der Waals surface area (Å²) in [5, 5.41) is 10.2. The number of para-hydroxylation sites is 1. The van der Waals surface area contributed by atoms with Crippen LogP contribution in [0, 0.1) is 0 Å². The van der Waals surface area contributed by atoms with Gasteiger partial charge in [-0.1, -0.05) is 23.7 Å². The minimum atomic E-state index is 0.0176. The van der Waals surface area contributed by atoms with E-state index in [1.807, 2.05) is 12.1 Å². The first-order valence-electron chi connectivity index (χ1n) is 4.66. The zero-order chi connectivity index (χ0) is 10.2. The number of ether oxygens (including phenoxy) is 1. The van der Waals surface area contributed by atoms with E-state index in [4.69, 9.17) is 16.3 Å². The molecule has 1 aliphatic carbocycles. The molecule has 1 aliphatic rings. The molecule has 1 saturated carbocycles. The van der Waals surface area contributed by atoms with E-state index in [1.165, 1.54) is 0 Å². The first kappa shape index (κ1) is 9.81. The lowest BCUT2D eigenvalue weighted by Gasteiger charge is -2.16.